The van der Waals surface area contributed by atoms with Gasteiger partial charge in [-0.15, -0.1) is 0 Å². The molecule has 1 saturated carbocycles. The Bertz CT molecular complexity index is 1000. The second-order valence-corrected chi connectivity index (χ2v) is 9.67. The molecule has 2 atom stereocenters. The van der Waals surface area contributed by atoms with Crippen molar-refractivity contribution in [3.8, 4) is 0 Å². The van der Waals surface area contributed by atoms with Gasteiger partial charge in [-0.1, -0.05) is 32.0 Å². The van der Waals surface area contributed by atoms with E-state index in [1.54, 1.807) is 25.1 Å². The molecule has 1 aliphatic heterocycles. The maximum Gasteiger partial charge on any atom is 0.315 e. The van der Waals surface area contributed by atoms with Crippen molar-refractivity contribution in [1.29, 1.82) is 0 Å². The maximum atomic E-state index is 13.3. The van der Waals surface area contributed by atoms with E-state index in [9.17, 15) is 19.7 Å². The molecular formula is C24H28N2O5. The first-order valence-electron chi connectivity index (χ1n) is 10.9. The summed E-state index contributed by atoms with van der Waals surface area (Å²) in [6.07, 6.45) is 4.47. The van der Waals surface area contributed by atoms with Gasteiger partial charge in [0, 0.05) is 41.0 Å². The van der Waals surface area contributed by atoms with Crippen LogP contribution in [0, 0.1) is 21.4 Å². The van der Waals surface area contributed by atoms with Crippen molar-refractivity contribution in [1.82, 2.24) is 0 Å². The molecule has 0 amide bonds. The molecule has 1 heterocycles. The van der Waals surface area contributed by atoms with Gasteiger partial charge in [0.05, 0.1) is 4.92 Å². The lowest BCUT2D eigenvalue weighted by molar-refractivity contribution is -0.385. The fourth-order valence-electron chi connectivity index (χ4n) is 5.25. The van der Waals surface area contributed by atoms with Gasteiger partial charge in [-0.05, 0) is 44.4 Å². The summed E-state index contributed by atoms with van der Waals surface area (Å²) in [5.74, 6) is -2.14. The summed E-state index contributed by atoms with van der Waals surface area (Å²) in [5, 5.41) is 11.8. The van der Waals surface area contributed by atoms with E-state index >= 15 is 0 Å². The Morgan fingerprint density at radius 1 is 1.19 bits per heavy atom. The van der Waals surface area contributed by atoms with E-state index in [1.807, 2.05) is 13.8 Å². The minimum absolute atomic E-state index is 0.0923. The fourth-order valence-corrected chi connectivity index (χ4v) is 5.25. The van der Waals surface area contributed by atoms with E-state index in [-0.39, 0.29) is 23.0 Å². The third-order valence-corrected chi connectivity index (χ3v) is 6.61. The molecule has 2 aliphatic carbocycles. The Morgan fingerprint density at radius 3 is 2.55 bits per heavy atom. The molecule has 164 valence electrons. The maximum absolute atomic E-state index is 13.3. The topological polar surface area (TPSA) is 98.9 Å². The molecule has 0 radical (unpaired) electrons. The third kappa shape index (κ3) is 4.05. The normalized spacial score (nSPS) is 25.8. The number of hydrogen-bond acceptors (Lipinski definition) is 6. The number of nitro benzene ring substituents is 1. The smallest absolute Gasteiger partial charge is 0.315 e. The van der Waals surface area contributed by atoms with Crippen molar-refractivity contribution in [2.24, 2.45) is 16.3 Å². The van der Waals surface area contributed by atoms with Crippen LogP contribution in [0.1, 0.15) is 70.8 Å². The lowest BCUT2D eigenvalue weighted by Crippen LogP contribution is -2.40. The largest absolute Gasteiger partial charge is 0.462 e. The molecular weight excluding hydrogens is 396 g/mol. The standard InChI is InChI=1S/C24H28N2O5/c1-14-20(23(28)31-15-8-4-5-9-15)21(16-10-6-7-11-18(16)26(29)30)22-17(25-14)12-24(2,3)13-19(22)27/h6-7,10-11,15,20-21H,4-5,8-9,12-13H2,1-3H3/t20?,21-/m0/s1. The zero-order valence-corrected chi connectivity index (χ0v) is 18.2. The van der Waals surface area contributed by atoms with Crippen molar-refractivity contribution in [3.63, 3.8) is 0 Å². The van der Waals surface area contributed by atoms with Crippen LogP contribution < -0.4 is 0 Å². The van der Waals surface area contributed by atoms with Crippen LogP contribution in [-0.2, 0) is 14.3 Å². The Kier molecular flexibility index (Phi) is 5.54. The molecule has 0 bridgehead atoms. The zero-order chi connectivity index (χ0) is 22.3. The number of ketones is 1. The number of rotatable bonds is 4. The van der Waals surface area contributed by atoms with E-state index < -0.39 is 22.7 Å². The SMILES string of the molecule is CC1=NC2=C(C(=O)CC(C)(C)C2)[C@@H](c2ccccc2[N+](=O)[O-])C1C(=O)OC1CCCC1. The third-order valence-electron chi connectivity index (χ3n) is 6.61. The molecule has 4 rings (SSSR count). The predicted molar refractivity (Wildman–Crippen MR) is 116 cm³/mol. The first-order chi connectivity index (χ1) is 14.7. The van der Waals surface area contributed by atoms with E-state index in [0.29, 0.717) is 35.4 Å². The molecule has 31 heavy (non-hydrogen) atoms. The Hall–Kier alpha value is -2.83. The molecule has 0 spiro atoms. The number of Topliss-reactive ketones (excluding diaryl/α,β-unsaturated/α-hetero) is 1. The first-order valence-corrected chi connectivity index (χ1v) is 10.9. The Morgan fingerprint density at radius 2 is 1.87 bits per heavy atom. The summed E-state index contributed by atoms with van der Waals surface area (Å²) in [6.45, 7) is 5.79. The van der Waals surface area contributed by atoms with Crippen LogP contribution in [0.15, 0.2) is 40.5 Å². The Balaban J connectivity index is 1.84. The highest BCUT2D eigenvalue weighted by molar-refractivity contribution is 6.09. The fraction of sp³-hybridized carbons (Fsp3) is 0.542. The van der Waals surface area contributed by atoms with Gasteiger partial charge in [-0.25, -0.2) is 0 Å². The first kappa shape index (κ1) is 21.4. The second kappa shape index (κ2) is 8.02. The van der Waals surface area contributed by atoms with Crippen LogP contribution in [0.4, 0.5) is 5.69 Å². The highest BCUT2D eigenvalue weighted by Crippen LogP contribution is 2.49. The predicted octanol–water partition coefficient (Wildman–Crippen LogP) is 4.90. The molecule has 7 heteroatoms. The van der Waals surface area contributed by atoms with Gasteiger partial charge in [0.1, 0.15) is 12.0 Å². The summed E-state index contributed by atoms with van der Waals surface area (Å²) in [4.78, 5) is 42.6. The van der Waals surface area contributed by atoms with Gasteiger partial charge in [-0.2, -0.15) is 0 Å². The minimum Gasteiger partial charge on any atom is -0.462 e. The second-order valence-electron chi connectivity index (χ2n) is 9.67. The van der Waals surface area contributed by atoms with E-state index in [4.69, 9.17) is 4.74 Å². The van der Waals surface area contributed by atoms with Crippen LogP contribution in [0.5, 0.6) is 0 Å². The zero-order valence-electron chi connectivity index (χ0n) is 18.2. The van der Waals surface area contributed by atoms with Crippen molar-refractivity contribution in [2.75, 3.05) is 0 Å². The summed E-state index contributed by atoms with van der Waals surface area (Å²) in [6, 6.07) is 6.38. The van der Waals surface area contributed by atoms with Gasteiger partial charge in [0.15, 0.2) is 5.78 Å². The summed E-state index contributed by atoms with van der Waals surface area (Å²) >= 11 is 0. The molecule has 1 unspecified atom stereocenters. The van der Waals surface area contributed by atoms with Gasteiger partial charge in [0.2, 0.25) is 0 Å². The lowest BCUT2D eigenvalue weighted by atomic mass is 9.66. The number of carbonyl (C=O) groups excluding carboxylic acids is 2. The monoisotopic (exact) mass is 424 g/mol. The van der Waals surface area contributed by atoms with E-state index in [1.165, 1.54) is 6.07 Å². The van der Waals surface area contributed by atoms with Crippen molar-refractivity contribution in [3.05, 3.63) is 51.2 Å². The number of benzene rings is 1. The molecule has 0 saturated heterocycles. The van der Waals surface area contributed by atoms with Crippen LogP contribution >= 0.6 is 0 Å². The molecule has 1 fully saturated rings. The van der Waals surface area contributed by atoms with Crippen LogP contribution in [-0.4, -0.2) is 28.5 Å². The van der Waals surface area contributed by atoms with Crippen LogP contribution in [0.3, 0.4) is 0 Å². The lowest BCUT2D eigenvalue weighted by Gasteiger charge is -2.39. The summed E-state index contributed by atoms with van der Waals surface area (Å²) in [5.41, 5.74) is 1.67. The number of ether oxygens (including phenoxy) is 1. The average Bonchev–Trinajstić information content (AvgIpc) is 3.18. The van der Waals surface area contributed by atoms with Crippen LogP contribution in [0.25, 0.3) is 0 Å². The van der Waals surface area contributed by atoms with Gasteiger partial charge >= 0.3 is 5.97 Å². The quantitative estimate of drug-likeness (QED) is 0.389. The highest BCUT2D eigenvalue weighted by Gasteiger charge is 2.48. The molecule has 0 N–H and O–H groups in total. The summed E-state index contributed by atoms with van der Waals surface area (Å²) < 4.78 is 5.81. The number of aliphatic imine (C=N–C) groups is 1. The molecule has 3 aliphatic rings. The van der Waals surface area contributed by atoms with Crippen molar-refractivity contribution < 1.29 is 19.2 Å². The van der Waals surface area contributed by atoms with E-state index in [2.05, 4.69) is 4.99 Å². The molecule has 1 aromatic rings. The average molecular weight is 424 g/mol. The number of carbonyl (C=O) groups is 2. The molecule has 0 aromatic heterocycles. The van der Waals surface area contributed by atoms with Crippen molar-refractivity contribution >= 4 is 23.2 Å². The number of esters is 1. The van der Waals surface area contributed by atoms with E-state index in [0.717, 1.165) is 25.7 Å². The van der Waals surface area contributed by atoms with Gasteiger partial charge < -0.3 is 4.74 Å². The Labute approximate surface area is 181 Å². The summed E-state index contributed by atoms with van der Waals surface area (Å²) in [7, 11) is 0. The number of hydrogen-bond donors (Lipinski definition) is 0. The van der Waals surface area contributed by atoms with Crippen LogP contribution in [0.2, 0.25) is 0 Å². The number of para-hydroxylation sites is 1. The number of allylic oxidation sites excluding steroid dienone is 2. The van der Waals surface area contributed by atoms with Crippen molar-refractivity contribution in [2.45, 2.75) is 71.3 Å². The van der Waals surface area contributed by atoms with Gasteiger partial charge in [0.25, 0.3) is 5.69 Å². The number of nitro groups is 1. The molecule has 7 nitrogen and oxygen atoms in total. The highest BCUT2D eigenvalue weighted by atomic mass is 16.6. The molecule has 1 aromatic carbocycles. The number of nitrogens with zero attached hydrogens (tertiary/aromatic N) is 2. The van der Waals surface area contributed by atoms with Gasteiger partial charge in [-0.3, -0.25) is 24.7 Å². The minimum atomic E-state index is -0.842.